The Morgan fingerprint density at radius 3 is 2.33 bits per heavy atom. The fraction of sp³-hybridized carbons (Fsp3) is 0.310. The van der Waals surface area contributed by atoms with E-state index in [0.717, 1.165) is 43.2 Å². The van der Waals surface area contributed by atoms with Gasteiger partial charge in [0.15, 0.2) is 23.7 Å². The van der Waals surface area contributed by atoms with E-state index < -0.39 is 17.6 Å². The maximum atomic E-state index is 13.8. The zero-order valence-electron chi connectivity index (χ0n) is 20.0. The van der Waals surface area contributed by atoms with Crippen molar-refractivity contribution in [3.63, 3.8) is 0 Å². The summed E-state index contributed by atoms with van der Waals surface area (Å²) in [4.78, 5) is 26.5. The number of ketones is 1. The maximum absolute atomic E-state index is 13.8. The Hall–Kier alpha value is -3.71. The monoisotopic (exact) mass is 489 g/mol. The maximum Gasteiger partial charge on any atom is 0.333 e. The van der Waals surface area contributed by atoms with Gasteiger partial charge >= 0.3 is 5.97 Å². The lowest BCUT2D eigenvalue weighted by molar-refractivity contribution is -0.938. The molecule has 186 valence electrons. The predicted octanol–water partition coefficient (Wildman–Crippen LogP) is 4.72. The number of benzene rings is 3. The Kier molecular flexibility index (Phi) is 6.74. The number of nitrogens with zero attached hydrogens (tertiary/aromatic N) is 1. The van der Waals surface area contributed by atoms with Crippen molar-refractivity contribution in [1.82, 2.24) is 0 Å². The molecule has 0 radical (unpaired) electrons. The van der Waals surface area contributed by atoms with Crippen molar-refractivity contribution >= 4 is 17.4 Å². The molecule has 36 heavy (non-hydrogen) atoms. The molecule has 2 N–H and O–H groups in total. The average molecular weight is 490 g/mol. The van der Waals surface area contributed by atoms with Gasteiger partial charge in [-0.2, -0.15) is 0 Å². The molecule has 1 unspecified atom stereocenters. The molecule has 0 saturated carbocycles. The van der Waals surface area contributed by atoms with E-state index >= 15 is 0 Å². The van der Waals surface area contributed by atoms with E-state index in [1.165, 1.54) is 12.1 Å². The first-order chi connectivity index (χ1) is 17.4. The van der Waals surface area contributed by atoms with Crippen molar-refractivity contribution in [2.45, 2.75) is 25.0 Å². The van der Waals surface area contributed by atoms with Gasteiger partial charge in [-0.3, -0.25) is 4.79 Å². The highest BCUT2D eigenvalue weighted by Crippen LogP contribution is 2.37. The number of carbonyl (C=O) groups excluding carboxylic acids is 2. The van der Waals surface area contributed by atoms with Crippen molar-refractivity contribution < 1.29 is 28.3 Å². The van der Waals surface area contributed by atoms with E-state index in [2.05, 4.69) is 5.32 Å². The van der Waals surface area contributed by atoms with Crippen LogP contribution in [0.15, 0.2) is 78.9 Å². The van der Waals surface area contributed by atoms with Crippen LogP contribution in [0.3, 0.4) is 0 Å². The molecule has 2 bridgehead atoms. The summed E-state index contributed by atoms with van der Waals surface area (Å²) in [5.41, 5.74) is 1.89. The highest BCUT2D eigenvalue weighted by Gasteiger charge is 2.49. The molecule has 0 aliphatic carbocycles. The van der Waals surface area contributed by atoms with E-state index in [1.54, 1.807) is 0 Å². The van der Waals surface area contributed by atoms with Gasteiger partial charge in [0.25, 0.3) is 0 Å². The Balaban J connectivity index is 1.31. The number of para-hydroxylation sites is 1. The molecule has 0 amide bonds. The molecule has 3 heterocycles. The molecule has 6 rings (SSSR count). The van der Waals surface area contributed by atoms with Crippen LogP contribution in [0.4, 0.5) is 10.1 Å². The lowest BCUT2D eigenvalue weighted by Crippen LogP contribution is -2.65. The number of piperidine rings is 3. The summed E-state index contributed by atoms with van der Waals surface area (Å²) in [5.74, 6) is -1.52. The number of quaternary nitrogens is 1. The number of nitrogens with one attached hydrogen (secondary N) is 1. The van der Waals surface area contributed by atoms with Gasteiger partial charge < -0.3 is 19.6 Å². The van der Waals surface area contributed by atoms with Crippen LogP contribution in [0.1, 0.15) is 34.8 Å². The molecular weight excluding hydrogens is 459 g/mol. The van der Waals surface area contributed by atoms with Crippen LogP contribution < -0.4 is 5.32 Å². The Bertz CT molecular complexity index is 1230. The minimum atomic E-state index is -0.803. The SMILES string of the molecule is O=C(C[N+]12CCC(CC1)[C@@H](OC(=O)C(Nc1ccccc1)c1ccccc1)C2)c1ccc(O)c(F)c1. The number of rotatable bonds is 8. The zero-order valence-corrected chi connectivity index (χ0v) is 20.0. The molecule has 3 aliphatic heterocycles. The third-order valence-corrected chi connectivity index (χ3v) is 7.51. The molecule has 0 spiro atoms. The number of phenols is 1. The standard InChI is InChI=1S/C29H29FN2O4/c30-24-17-22(11-12-25(24)33)26(34)18-32-15-13-20(14-16-32)27(19-32)36-29(35)28(21-7-3-1-4-8-21)31-23-9-5-2-6-10-23/h1-12,17,20,27-28,31H,13-16,18-19H2/p+1/t20?,27-,28?,32?/m0/s1. The number of anilines is 1. The smallest absolute Gasteiger partial charge is 0.333 e. The first-order valence-corrected chi connectivity index (χ1v) is 12.4. The van der Waals surface area contributed by atoms with Gasteiger partial charge in [0, 0.05) is 30.0 Å². The van der Waals surface area contributed by atoms with Gasteiger partial charge in [-0.1, -0.05) is 48.5 Å². The molecule has 3 aliphatic rings. The number of esters is 1. The summed E-state index contributed by atoms with van der Waals surface area (Å²) < 4.78 is 20.5. The largest absolute Gasteiger partial charge is 0.505 e. The number of aromatic hydroxyl groups is 1. The second-order valence-corrected chi connectivity index (χ2v) is 9.89. The second-order valence-electron chi connectivity index (χ2n) is 9.89. The van der Waals surface area contributed by atoms with Crippen LogP contribution in [0.5, 0.6) is 5.75 Å². The molecule has 3 aromatic rings. The third-order valence-electron chi connectivity index (χ3n) is 7.51. The van der Waals surface area contributed by atoms with Crippen LogP contribution in [-0.4, -0.2) is 53.6 Å². The molecule has 7 heteroatoms. The van der Waals surface area contributed by atoms with Gasteiger partial charge in [0.05, 0.1) is 13.1 Å². The lowest BCUT2D eigenvalue weighted by Gasteiger charge is -2.51. The summed E-state index contributed by atoms with van der Waals surface area (Å²) in [6.07, 6.45) is 1.46. The molecule has 6 nitrogen and oxygen atoms in total. The third kappa shape index (κ3) is 5.11. The van der Waals surface area contributed by atoms with Crippen molar-refractivity contribution in [3.8, 4) is 5.75 Å². The summed E-state index contributed by atoms with van der Waals surface area (Å²) in [6.45, 7) is 2.44. The van der Waals surface area contributed by atoms with Gasteiger partial charge in [0.2, 0.25) is 5.78 Å². The fourth-order valence-corrected chi connectivity index (χ4v) is 5.50. The highest BCUT2D eigenvalue weighted by atomic mass is 19.1. The average Bonchev–Trinajstić information content (AvgIpc) is 2.90. The fourth-order valence-electron chi connectivity index (χ4n) is 5.50. The van der Waals surface area contributed by atoms with E-state index in [4.69, 9.17) is 4.74 Å². The second kappa shape index (κ2) is 10.1. The van der Waals surface area contributed by atoms with Gasteiger partial charge in [-0.05, 0) is 35.9 Å². The number of Topliss-reactive ketones (excluding diaryl/α,β-unsaturated/α-hetero) is 1. The normalized spacial score (nSPS) is 23.6. The van der Waals surface area contributed by atoms with Crippen molar-refractivity contribution in [1.29, 1.82) is 0 Å². The van der Waals surface area contributed by atoms with E-state index in [1.807, 2.05) is 60.7 Å². The van der Waals surface area contributed by atoms with E-state index in [9.17, 15) is 19.1 Å². The molecule has 3 fully saturated rings. The first kappa shape index (κ1) is 24.0. The van der Waals surface area contributed by atoms with Crippen molar-refractivity contribution in [3.05, 3.63) is 95.8 Å². The van der Waals surface area contributed by atoms with Gasteiger partial charge in [0.1, 0.15) is 13.1 Å². The number of carbonyl (C=O) groups is 2. The zero-order chi connectivity index (χ0) is 25.1. The number of phenolic OH excluding ortho intramolecular Hbond substituents is 1. The van der Waals surface area contributed by atoms with E-state index in [-0.39, 0.29) is 35.9 Å². The van der Waals surface area contributed by atoms with Crippen LogP contribution >= 0.6 is 0 Å². The topological polar surface area (TPSA) is 75.6 Å². The minimum absolute atomic E-state index is 0.174. The van der Waals surface area contributed by atoms with Crippen LogP contribution in [0, 0.1) is 11.7 Å². The number of ether oxygens (including phenoxy) is 1. The number of hydrogen-bond donors (Lipinski definition) is 2. The van der Waals surface area contributed by atoms with Gasteiger partial charge in [-0.15, -0.1) is 0 Å². The summed E-state index contributed by atoms with van der Waals surface area (Å²) >= 11 is 0. The lowest BCUT2D eigenvalue weighted by atomic mass is 9.82. The molecular formula is C29H30FN2O4+. The summed E-state index contributed by atoms with van der Waals surface area (Å²) in [6, 6.07) is 22.2. The molecule has 2 atom stereocenters. The molecule has 3 aromatic carbocycles. The van der Waals surface area contributed by atoms with Crippen LogP contribution in [0.2, 0.25) is 0 Å². The Morgan fingerprint density at radius 1 is 1.00 bits per heavy atom. The Labute approximate surface area is 209 Å². The number of halogens is 1. The molecule has 0 aromatic heterocycles. The number of hydrogen-bond acceptors (Lipinski definition) is 5. The summed E-state index contributed by atoms with van der Waals surface area (Å²) in [7, 11) is 0. The predicted molar refractivity (Wildman–Crippen MR) is 134 cm³/mol. The minimum Gasteiger partial charge on any atom is -0.505 e. The number of fused-ring (bicyclic) bond motifs is 3. The van der Waals surface area contributed by atoms with Crippen molar-refractivity contribution in [2.75, 3.05) is 31.5 Å². The highest BCUT2D eigenvalue weighted by molar-refractivity contribution is 5.97. The molecule has 3 saturated heterocycles. The van der Waals surface area contributed by atoms with Crippen LogP contribution in [-0.2, 0) is 9.53 Å². The van der Waals surface area contributed by atoms with Crippen LogP contribution in [0.25, 0.3) is 0 Å². The van der Waals surface area contributed by atoms with Crippen molar-refractivity contribution in [2.24, 2.45) is 5.92 Å². The Morgan fingerprint density at radius 2 is 1.67 bits per heavy atom. The van der Waals surface area contributed by atoms with E-state index in [0.29, 0.717) is 11.0 Å². The quantitative estimate of drug-likeness (QED) is 0.272. The van der Waals surface area contributed by atoms with Gasteiger partial charge in [-0.25, -0.2) is 9.18 Å². The summed E-state index contributed by atoms with van der Waals surface area (Å²) in [5, 5.41) is 12.8. The first-order valence-electron chi connectivity index (χ1n) is 12.4.